The van der Waals surface area contributed by atoms with Crippen molar-refractivity contribution in [3.05, 3.63) is 48.0 Å². The van der Waals surface area contributed by atoms with Crippen LogP contribution >= 0.6 is 0 Å². The average molecular weight is 339 g/mol. The van der Waals surface area contributed by atoms with Gasteiger partial charge in [0, 0.05) is 6.04 Å². The van der Waals surface area contributed by atoms with Crippen LogP contribution in [-0.4, -0.2) is 28.7 Å². The first-order valence-electron chi connectivity index (χ1n) is 9.23. The zero-order valence-electron chi connectivity index (χ0n) is 15.8. The van der Waals surface area contributed by atoms with E-state index < -0.39 is 5.60 Å². The van der Waals surface area contributed by atoms with Crippen LogP contribution in [-0.2, 0) is 4.74 Å². The van der Waals surface area contributed by atoms with Gasteiger partial charge in [0.1, 0.15) is 5.60 Å². The Morgan fingerprint density at radius 2 is 1.88 bits per heavy atom. The number of amides is 1. The van der Waals surface area contributed by atoms with Gasteiger partial charge in [0.15, 0.2) is 0 Å². The number of allylic oxidation sites excluding steroid dienone is 1. The number of rotatable bonds is 2. The lowest BCUT2D eigenvalue weighted by molar-refractivity contribution is 0.0000859. The van der Waals surface area contributed by atoms with Crippen LogP contribution in [0, 0.1) is 0 Å². The van der Waals surface area contributed by atoms with Crippen molar-refractivity contribution in [2.75, 3.05) is 0 Å². The fraction of sp³-hybridized carbons (Fsp3) is 0.500. The molecule has 3 nitrogen and oxygen atoms in total. The van der Waals surface area contributed by atoms with E-state index in [1.807, 2.05) is 32.6 Å². The molecule has 1 aromatic carbocycles. The lowest BCUT2D eigenvalue weighted by Gasteiger charge is -2.45. The van der Waals surface area contributed by atoms with Gasteiger partial charge in [-0.05, 0) is 70.1 Å². The maximum absolute atomic E-state index is 12.7. The molecule has 25 heavy (non-hydrogen) atoms. The molecule has 3 rings (SSSR count). The zero-order valence-corrected chi connectivity index (χ0v) is 15.8. The van der Waals surface area contributed by atoms with Gasteiger partial charge in [0.25, 0.3) is 0 Å². The van der Waals surface area contributed by atoms with Crippen LogP contribution in [0.15, 0.2) is 36.9 Å². The molecular formula is C22H29NO2. The summed E-state index contributed by atoms with van der Waals surface area (Å²) in [6, 6.07) is 9.01. The Bertz CT molecular complexity index is 694. The molecule has 3 heteroatoms. The molecule has 2 aliphatic rings. The molecule has 2 aliphatic heterocycles. The first-order chi connectivity index (χ1) is 11.7. The Morgan fingerprint density at radius 3 is 2.44 bits per heavy atom. The Labute approximate surface area is 151 Å². The molecular weight excluding hydrogens is 310 g/mol. The molecule has 134 valence electrons. The summed E-state index contributed by atoms with van der Waals surface area (Å²) in [6.07, 6.45) is 6.25. The summed E-state index contributed by atoms with van der Waals surface area (Å²) in [5.41, 5.74) is 4.41. The first kappa shape index (κ1) is 17.8. The third-order valence-corrected chi connectivity index (χ3v) is 4.99. The largest absolute Gasteiger partial charge is 0.444 e. The summed E-state index contributed by atoms with van der Waals surface area (Å²) in [6.45, 7) is 11.8. The van der Waals surface area contributed by atoms with Crippen molar-refractivity contribution in [1.29, 1.82) is 0 Å². The van der Waals surface area contributed by atoms with Crippen LogP contribution in [0.5, 0.6) is 0 Å². The lowest BCUT2D eigenvalue weighted by atomic mass is 9.83. The van der Waals surface area contributed by atoms with Gasteiger partial charge < -0.3 is 4.74 Å². The number of ether oxygens (including phenoxy) is 1. The van der Waals surface area contributed by atoms with Crippen molar-refractivity contribution in [1.82, 2.24) is 4.90 Å². The fourth-order valence-electron chi connectivity index (χ4n) is 3.81. The number of piperidine rings is 1. The molecule has 0 radical (unpaired) electrons. The molecule has 2 unspecified atom stereocenters. The quantitative estimate of drug-likeness (QED) is 0.695. The van der Waals surface area contributed by atoms with Crippen molar-refractivity contribution in [2.24, 2.45) is 0 Å². The Kier molecular flexibility index (Phi) is 4.77. The summed E-state index contributed by atoms with van der Waals surface area (Å²) in [5.74, 6) is 0. The molecule has 0 N–H and O–H groups in total. The van der Waals surface area contributed by atoms with E-state index in [2.05, 4.69) is 36.9 Å². The molecule has 2 bridgehead atoms. The first-order valence-corrected chi connectivity index (χ1v) is 9.23. The monoisotopic (exact) mass is 339 g/mol. The standard InChI is InChI=1S/C22H29NO2/c1-15(2)16-9-11-17(12-10-16)18-13-19-7-6-8-20(14-18)23(19)21(24)25-22(3,4)5/h9-13,19-20H,1,6-8,14H2,2-5H3. The van der Waals surface area contributed by atoms with Gasteiger partial charge in [-0.2, -0.15) is 0 Å². The van der Waals surface area contributed by atoms with Gasteiger partial charge in [-0.25, -0.2) is 4.79 Å². The molecule has 0 aliphatic carbocycles. The summed E-state index contributed by atoms with van der Waals surface area (Å²) >= 11 is 0. The number of nitrogens with zero attached hydrogens (tertiary/aromatic N) is 1. The lowest BCUT2D eigenvalue weighted by Crippen LogP contribution is -2.53. The van der Waals surface area contributed by atoms with E-state index in [1.54, 1.807) is 0 Å². The van der Waals surface area contributed by atoms with E-state index in [0.29, 0.717) is 0 Å². The molecule has 0 aromatic heterocycles. The second kappa shape index (κ2) is 6.70. The molecule has 1 fully saturated rings. The SMILES string of the molecule is C=C(C)c1ccc(C2=CC3CCCC(C2)N3C(=O)OC(C)(C)C)cc1. The number of hydrogen-bond donors (Lipinski definition) is 0. The van der Waals surface area contributed by atoms with Crippen LogP contribution in [0.3, 0.4) is 0 Å². The summed E-state index contributed by atoms with van der Waals surface area (Å²) < 4.78 is 5.64. The van der Waals surface area contributed by atoms with Crippen molar-refractivity contribution < 1.29 is 9.53 Å². The number of benzene rings is 1. The molecule has 2 atom stereocenters. The second-order valence-electron chi connectivity index (χ2n) is 8.29. The maximum atomic E-state index is 12.7. The van der Waals surface area contributed by atoms with Crippen LogP contribution < -0.4 is 0 Å². The Balaban J connectivity index is 1.83. The second-order valence-corrected chi connectivity index (χ2v) is 8.29. The van der Waals surface area contributed by atoms with E-state index >= 15 is 0 Å². The van der Waals surface area contributed by atoms with Crippen molar-refractivity contribution >= 4 is 17.2 Å². The fourth-order valence-corrected chi connectivity index (χ4v) is 3.81. The van der Waals surface area contributed by atoms with Gasteiger partial charge >= 0.3 is 6.09 Å². The molecule has 0 saturated carbocycles. The van der Waals surface area contributed by atoms with Crippen LogP contribution in [0.2, 0.25) is 0 Å². The molecule has 1 aromatic rings. The van der Waals surface area contributed by atoms with E-state index in [4.69, 9.17) is 4.74 Å². The number of hydrogen-bond acceptors (Lipinski definition) is 2. The third kappa shape index (κ3) is 3.97. The number of fused-ring (bicyclic) bond motifs is 2. The molecule has 2 heterocycles. The number of carbonyl (C=O) groups is 1. The molecule has 1 saturated heterocycles. The van der Waals surface area contributed by atoms with Gasteiger partial charge in [0.2, 0.25) is 0 Å². The minimum atomic E-state index is -0.451. The predicted molar refractivity (Wildman–Crippen MR) is 103 cm³/mol. The smallest absolute Gasteiger partial charge is 0.411 e. The van der Waals surface area contributed by atoms with Crippen LogP contribution in [0.4, 0.5) is 4.79 Å². The van der Waals surface area contributed by atoms with E-state index in [-0.39, 0.29) is 18.2 Å². The molecule has 1 amide bonds. The summed E-state index contributed by atoms with van der Waals surface area (Å²) in [4.78, 5) is 14.6. The summed E-state index contributed by atoms with van der Waals surface area (Å²) in [7, 11) is 0. The normalized spacial score (nSPS) is 23.0. The van der Waals surface area contributed by atoms with Crippen molar-refractivity contribution in [2.45, 2.75) is 71.1 Å². The Morgan fingerprint density at radius 1 is 1.20 bits per heavy atom. The van der Waals surface area contributed by atoms with Crippen molar-refractivity contribution in [3.63, 3.8) is 0 Å². The predicted octanol–water partition coefficient (Wildman–Crippen LogP) is 5.67. The van der Waals surface area contributed by atoms with Crippen molar-refractivity contribution in [3.8, 4) is 0 Å². The zero-order chi connectivity index (χ0) is 18.2. The Hall–Kier alpha value is -2.03. The average Bonchev–Trinajstić information content (AvgIpc) is 2.52. The summed E-state index contributed by atoms with van der Waals surface area (Å²) in [5, 5.41) is 0. The van der Waals surface area contributed by atoms with Crippen LogP contribution in [0.25, 0.3) is 11.1 Å². The highest BCUT2D eigenvalue weighted by Crippen LogP contribution is 2.38. The van der Waals surface area contributed by atoms with E-state index in [1.165, 1.54) is 23.1 Å². The molecule has 0 spiro atoms. The van der Waals surface area contributed by atoms with Gasteiger partial charge in [-0.15, -0.1) is 0 Å². The van der Waals surface area contributed by atoms with Gasteiger partial charge in [-0.3, -0.25) is 4.90 Å². The van der Waals surface area contributed by atoms with Gasteiger partial charge in [-0.1, -0.05) is 42.5 Å². The van der Waals surface area contributed by atoms with E-state index in [0.717, 1.165) is 24.8 Å². The highest BCUT2D eigenvalue weighted by Gasteiger charge is 2.39. The van der Waals surface area contributed by atoms with Gasteiger partial charge in [0.05, 0.1) is 6.04 Å². The topological polar surface area (TPSA) is 29.5 Å². The third-order valence-electron chi connectivity index (χ3n) is 4.99. The van der Waals surface area contributed by atoms with Crippen LogP contribution in [0.1, 0.15) is 64.5 Å². The minimum Gasteiger partial charge on any atom is -0.444 e. The highest BCUT2D eigenvalue weighted by atomic mass is 16.6. The maximum Gasteiger partial charge on any atom is 0.411 e. The van der Waals surface area contributed by atoms with E-state index in [9.17, 15) is 4.79 Å². The number of carbonyl (C=O) groups excluding carboxylic acids is 1. The minimum absolute atomic E-state index is 0.151. The highest BCUT2D eigenvalue weighted by molar-refractivity contribution is 5.75.